The minimum absolute atomic E-state index is 0.00743. The lowest BCUT2D eigenvalue weighted by atomic mass is 10.1. The molecule has 0 aliphatic heterocycles. The second-order valence-electron chi connectivity index (χ2n) is 4.06. The maximum absolute atomic E-state index is 11.6. The Morgan fingerprint density at radius 2 is 2.14 bits per heavy atom. The van der Waals surface area contributed by atoms with E-state index < -0.39 is 24.0 Å². The summed E-state index contributed by atoms with van der Waals surface area (Å²) in [4.78, 5) is 37.4. The first-order valence-electron chi connectivity index (χ1n) is 6.05. The maximum atomic E-state index is 11.6. The van der Waals surface area contributed by atoms with E-state index in [1.165, 1.54) is 7.11 Å². The van der Waals surface area contributed by atoms with Crippen molar-refractivity contribution in [3.05, 3.63) is 11.7 Å². The molecule has 0 fully saturated rings. The lowest BCUT2D eigenvalue weighted by Crippen LogP contribution is -2.46. The molecule has 1 heterocycles. The first-order valence-corrected chi connectivity index (χ1v) is 6.05. The van der Waals surface area contributed by atoms with Gasteiger partial charge in [0.1, 0.15) is 6.04 Å². The number of aryl methyl sites for hydroxylation is 1. The zero-order valence-electron chi connectivity index (χ0n) is 11.6. The van der Waals surface area contributed by atoms with Gasteiger partial charge in [-0.2, -0.15) is 4.98 Å². The molecular formula is C11H16N4O6. The quantitative estimate of drug-likeness (QED) is 0.576. The number of carbonyl (C=O) groups excluding carboxylic acids is 2. The molecule has 0 spiro atoms. The lowest BCUT2D eigenvalue weighted by Gasteiger charge is -2.14. The fraction of sp³-hybridized carbons (Fsp3) is 0.545. The van der Waals surface area contributed by atoms with Crippen LogP contribution >= 0.6 is 0 Å². The van der Waals surface area contributed by atoms with Crippen LogP contribution in [0.1, 0.15) is 24.6 Å². The van der Waals surface area contributed by atoms with Crippen LogP contribution in [0.3, 0.4) is 0 Å². The molecule has 10 heteroatoms. The second-order valence-corrected chi connectivity index (χ2v) is 4.06. The van der Waals surface area contributed by atoms with Crippen molar-refractivity contribution in [2.45, 2.75) is 32.4 Å². The number of carbonyl (C=O) groups is 3. The summed E-state index contributed by atoms with van der Waals surface area (Å²) in [6.07, 6.45) is -0.186. The van der Waals surface area contributed by atoms with Crippen molar-refractivity contribution < 1.29 is 28.8 Å². The molecule has 0 radical (unpaired) electrons. The standard InChI is InChI=1S/C11H16N4O6/c1-6-13-8(15-21-6)5-12-11(19)14-7(10(17)18)3-4-9(16)20-2/h7H,3-5H2,1-2H3,(H,17,18)(H2,12,14,19)/t7-/m1/s1. The molecule has 0 aliphatic rings. The van der Waals surface area contributed by atoms with Crippen molar-refractivity contribution in [2.24, 2.45) is 0 Å². The van der Waals surface area contributed by atoms with Gasteiger partial charge in [0.15, 0.2) is 5.82 Å². The maximum Gasteiger partial charge on any atom is 0.326 e. The normalized spacial score (nSPS) is 11.5. The van der Waals surface area contributed by atoms with E-state index in [4.69, 9.17) is 9.63 Å². The first kappa shape index (κ1) is 16.4. The summed E-state index contributed by atoms with van der Waals surface area (Å²) in [5, 5.41) is 17.1. The number of aliphatic carboxylic acids is 1. The third-order valence-corrected chi connectivity index (χ3v) is 2.44. The van der Waals surface area contributed by atoms with E-state index in [1.54, 1.807) is 6.92 Å². The number of ether oxygens (including phenoxy) is 1. The molecule has 0 aromatic carbocycles. The highest BCUT2D eigenvalue weighted by Gasteiger charge is 2.21. The number of nitrogens with zero attached hydrogens (tertiary/aromatic N) is 2. The molecular weight excluding hydrogens is 284 g/mol. The van der Waals surface area contributed by atoms with Gasteiger partial charge in [-0.25, -0.2) is 9.59 Å². The number of nitrogens with one attached hydrogen (secondary N) is 2. The van der Waals surface area contributed by atoms with Crippen molar-refractivity contribution in [2.75, 3.05) is 7.11 Å². The molecule has 1 aromatic heterocycles. The van der Waals surface area contributed by atoms with Gasteiger partial charge in [0, 0.05) is 13.3 Å². The van der Waals surface area contributed by atoms with Crippen LogP contribution in [0.4, 0.5) is 4.79 Å². The van der Waals surface area contributed by atoms with Gasteiger partial charge in [-0.05, 0) is 6.42 Å². The summed E-state index contributed by atoms with van der Waals surface area (Å²) >= 11 is 0. The lowest BCUT2D eigenvalue weighted by molar-refractivity contribution is -0.142. The van der Waals surface area contributed by atoms with Crippen molar-refractivity contribution in [3.8, 4) is 0 Å². The highest BCUT2D eigenvalue weighted by molar-refractivity contribution is 5.83. The Morgan fingerprint density at radius 1 is 1.43 bits per heavy atom. The van der Waals surface area contributed by atoms with Gasteiger partial charge in [0.05, 0.1) is 13.7 Å². The number of methoxy groups -OCH3 is 1. The number of rotatable bonds is 7. The molecule has 116 valence electrons. The minimum Gasteiger partial charge on any atom is -0.480 e. The van der Waals surface area contributed by atoms with Gasteiger partial charge in [-0.3, -0.25) is 4.79 Å². The number of carboxylic acids is 1. The van der Waals surface area contributed by atoms with Gasteiger partial charge < -0.3 is 25.0 Å². The van der Waals surface area contributed by atoms with Gasteiger partial charge in [-0.15, -0.1) is 0 Å². The zero-order valence-corrected chi connectivity index (χ0v) is 11.6. The zero-order chi connectivity index (χ0) is 15.8. The van der Waals surface area contributed by atoms with E-state index in [-0.39, 0.29) is 25.2 Å². The summed E-state index contributed by atoms with van der Waals surface area (Å²) in [6, 6.07) is -1.91. The highest BCUT2D eigenvalue weighted by Crippen LogP contribution is 2.00. The summed E-state index contributed by atoms with van der Waals surface area (Å²) in [6.45, 7) is 1.59. The van der Waals surface area contributed by atoms with Crippen molar-refractivity contribution >= 4 is 18.0 Å². The van der Waals surface area contributed by atoms with E-state index in [0.29, 0.717) is 5.89 Å². The molecule has 1 rings (SSSR count). The van der Waals surface area contributed by atoms with Crippen LogP contribution < -0.4 is 10.6 Å². The molecule has 0 saturated carbocycles. The monoisotopic (exact) mass is 300 g/mol. The molecule has 3 N–H and O–H groups in total. The van der Waals surface area contributed by atoms with Gasteiger partial charge in [0.25, 0.3) is 0 Å². The van der Waals surface area contributed by atoms with Gasteiger partial charge in [-0.1, -0.05) is 5.16 Å². The average Bonchev–Trinajstić information content (AvgIpc) is 2.86. The number of aromatic nitrogens is 2. The smallest absolute Gasteiger partial charge is 0.326 e. The molecule has 1 atom stereocenters. The summed E-state index contributed by atoms with van der Waals surface area (Å²) < 4.78 is 9.12. The van der Waals surface area contributed by atoms with Crippen molar-refractivity contribution in [1.29, 1.82) is 0 Å². The predicted molar refractivity (Wildman–Crippen MR) is 67.1 cm³/mol. The van der Waals surface area contributed by atoms with E-state index in [9.17, 15) is 14.4 Å². The fourth-order valence-corrected chi connectivity index (χ4v) is 1.40. The Balaban J connectivity index is 2.41. The van der Waals surface area contributed by atoms with E-state index in [1.807, 2.05) is 0 Å². The Hall–Kier alpha value is -2.65. The average molecular weight is 300 g/mol. The molecule has 2 amide bonds. The summed E-state index contributed by atoms with van der Waals surface area (Å²) in [7, 11) is 1.20. The highest BCUT2D eigenvalue weighted by atomic mass is 16.5. The molecule has 0 bridgehead atoms. The number of amides is 2. The number of hydrogen-bond donors (Lipinski definition) is 3. The van der Waals surface area contributed by atoms with Crippen LogP contribution in [0.15, 0.2) is 4.52 Å². The van der Waals surface area contributed by atoms with Crippen molar-refractivity contribution in [3.63, 3.8) is 0 Å². The topological polar surface area (TPSA) is 144 Å². The number of hydrogen-bond acceptors (Lipinski definition) is 7. The van der Waals surface area contributed by atoms with E-state index >= 15 is 0 Å². The van der Waals surface area contributed by atoms with Crippen LogP contribution in [0.25, 0.3) is 0 Å². The summed E-state index contributed by atoms with van der Waals surface area (Å²) in [5.74, 6) is -1.17. The fourth-order valence-electron chi connectivity index (χ4n) is 1.40. The van der Waals surface area contributed by atoms with Crippen LogP contribution in [0, 0.1) is 6.92 Å². The second kappa shape index (κ2) is 7.82. The first-order chi connectivity index (χ1) is 9.92. The molecule has 10 nitrogen and oxygen atoms in total. The van der Waals surface area contributed by atoms with E-state index in [2.05, 4.69) is 25.5 Å². The third-order valence-electron chi connectivity index (χ3n) is 2.44. The molecule has 1 aromatic rings. The predicted octanol–water partition coefficient (Wildman–Crippen LogP) is -0.416. The Kier molecular flexibility index (Phi) is 6.11. The Morgan fingerprint density at radius 3 is 2.67 bits per heavy atom. The molecule has 0 saturated heterocycles. The van der Waals surface area contributed by atoms with Crippen LogP contribution in [-0.4, -0.2) is 46.4 Å². The largest absolute Gasteiger partial charge is 0.480 e. The minimum atomic E-state index is -1.25. The van der Waals surface area contributed by atoms with Crippen LogP contribution in [-0.2, 0) is 20.9 Å². The molecule has 21 heavy (non-hydrogen) atoms. The molecule has 0 unspecified atom stereocenters. The van der Waals surface area contributed by atoms with Crippen molar-refractivity contribution in [1.82, 2.24) is 20.8 Å². The number of carboxylic acid groups (broad SMARTS) is 1. The van der Waals surface area contributed by atoms with Gasteiger partial charge >= 0.3 is 18.0 Å². The van der Waals surface area contributed by atoms with E-state index in [0.717, 1.165) is 0 Å². The SMILES string of the molecule is COC(=O)CC[C@@H](NC(=O)NCc1noc(C)n1)C(=O)O. The van der Waals surface area contributed by atoms with Crippen LogP contribution in [0.2, 0.25) is 0 Å². The number of esters is 1. The molecule has 0 aliphatic carbocycles. The Bertz CT molecular complexity index is 515. The number of urea groups is 1. The Labute approximate surface area is 119 Å². The third kappa shape index (κ3) is 5.89. The van der Waals surface area contributed by atoms with Gasteiger partial charge in [0.2, 0.25) is 5.89 Å². The van der Waals surface area contributed by atoms with Crippen LogP contribution in [0.5, 0.6) is 0 Å². The summed E-state index contributed by atoms with van der Waals surface area (Å²) in [5.41, 5.74) is 0.